The van der Waals surface area contributed by atoms with Crippen molar-refractivity contribution in [2.75, 3.05) is 13.6 Å². The van der Waals surface area contributed by atoms with Crippen LogP contribution in [0.2, 0.25) is 0 Å². The first-order chi connectivity index (χ1) is 9.61. The summed E-state index contributed by atoms with van der Waals surface area (Å²) in [6.07, 6.45) is -4.73. The van der Waals surface area contributed by atoms with Gasteiger partial charge in [-0.15, -0.1) is 11.3 Å². The first kappa shape index (κ1) is 17.2. The molecule has 1 atom stereocenters. The molecule has 0 aliphatic carbocycles. The molecule has 21 heavy (non-hydrogen) atoms. The molecule has 1 rings (SSSR count). The number of carboxylic acid groups (broad SMARTS) is 1. The minimum absolute atomic E-state index is 0.000440. The minimum atomic E-state index is -4.52. The molecule has 1 unspecified atom stereocenters. The van der Waals surface area contributed by atoms with E-state index in [0.717, 1.165) is 21.6 Å². The van der Waals surface area contributed by atoms with Crippen LogP contribution in [0, 0.1) is 0 Å². The number of thiazole rings is 1. The van der Waals surface area contributed by atoms with Crippen LogP contribution in [0.15, 0.2) is 5.38 Å². The lowest BCUT2D eigenvalue weighted by atomic mass is 10.3. The van der Waals surface area contributed by atoms with Crippen LogP contribution in [0.25, 0.3) is 0 Å². The second kappa shape index (κ2) is 6.74. The van der Waals surface area contributed by atoms with Gasteiger partial charge in [0, 0.05) is 19.0 Å². The van der Waals surface area contributed by atoms with E-state index in [4.69, 9.17) is 5.11 Å². The van der Waals surface area contributed by atoms with E-state index in [1.165, 1.54) is 14.0 Å². The first-order valence-electron chi connectivity index (χ1n) is 5.87. The van der Waals surface area contributed by atoms with E-state index in [0.29, 0.717) is 0 Å². The molecule has 1 aromatic heterocycles. The highest BCUT2D eigenvalue weighted by Crippen LogP contribution is 2.31. The number of halogens is 3. The van der Waals surface area contributed by atoms with Gasteiger partial charge in [0.2, 0.25) is 0 Å². The van der Waals surface area contributed by atoms with Crippen LogP contribution in [0.1, 0.15) is 30.1 Å². The van der Waals surface area contributed by atoms with Crippen molar-refractivity contribution >= 4 is 23.3 Å². The van der Waals surface area contributed by atoms with Gasteiger partial charge in [-0.1, -0.05) is 0 Å². The molecule has 2 N–H and O–H groups in total. The van der Waals surface area contributed by atoms with Crippen LogP contribution in [0.4, 0.5) is 18.0 Å². The molecule has 0 fully saturated rings. The van der Waals surface area contributed by atoms with Crippen LogP contribution in [0.3, 0.4) is 0 Å². The summed E-state index contributed by atoms with van der Waals surface area (Å²) in [5.41, 5.74) is -0.997. The molecule has 0 aliphatic rings. The molecular formula is C11H14F3N3O3S. The zero-order valence-corrected chi connectivity index (χ0v) is 12.1. The number of alkyl halides is 3. The van der Waals surface area contributed by atoms with Crippen LogP contribution < -0.4 is 5.32 Å². The third kappa shape index (κ3) is 5.21. The van der Waals surface area contributed by atoms with Crippen molar-refractivity contribution in [3.63, 3.8) is 0 Å². The monoisotopic (exact) mass is 325 g/mol. The summed E-state index contributed by atoms with van der Waals surface area (Å²) < 4.78 is 37.3. The van der Waals surface area contributed by atoms with E-state index in [2.05, 4.69) is 10.3 Å². The lowest BCUT2D eigenvalue weighted by molar-refractivity contribution is -0.141. The number of hydrogen-bond donors (Lipinski definition) is 2. The molecule has 0 aromatic carbocycles. The van der Waals surface area contributed by atoms with E-state index in [1.54, 1.807) is 0 Å². The number of aromatic nitrogens is 1. The normalized spacial score (nSPS) is 12.8. The number of carboxylic acids is 1. The van der Waals surface area contributed by atoms with Crippen molar-refractivity contribution in [2.45, 2.75) is 25.6 Å². The highest BCUT2D eigenvalue weighted by Gasteiger charge is 2.34. The Balaban J connectivity index is 2.60. The Kier molecular flexibility index (Phi) is 5.53. The SMILES string of the molecule is CC(NC(=O)N(C)CCC(=O)O)c1nc(C(F)(F)F)cs1. The Hall–Kier alpha value is -1.84. The van der Waals surface area contributed by atoms with E-state index in [1.807, 2.05) is 0 Å². The highest BCUT2D eigenvalue weighted by molar-refractivity contribution is 7.09. The lowest BCUT2D eigenvalue weighted by Gasteiger charge is -2.19. The van der Waals surface area contributed by atoms with Gasteiger partial charge in [0.05, 0.1) is 12.5 Å². The summed E-state index contributed by atoms with van der Waals surface area (Å²) in [6, 6.07) is -1.28. The fourth-order valence-electron chi connectivity index (χ4n) is 1.34. The van der Waals surface area contributed by atoms with E-state index >= 15 is 0 Å². The maximum absolute atomic E-state index is 12.4. The maximum Gasteiger partial charge on any atom is 0.434 e. The van der Waals surface area contributed by atoms with E-state index in [-0.39, 0.29) is 18.0 Å². The maximum atomic E-state index is 12.4. The third-order valence-electron chi connectivity index (χ3n) is 2.53. The van der Waals surface area contributed by atoms with Gasteiger partial charge >= 0.3 is 18.2 Å². The minimum Gasteiger partial charge on any atom is -0.481 e. The Morgan fingerprint density at radius 2 is 2.14 bits per heavy atom. The number of amides is 2. The molecule has 1 aromatic rings. The van der Waals surface area contributed by atoms with Crippen LogP contribution >= 0.6 is 11.3 Å². The predicted molar refractivity (Wildman–Crippen MR) is 68.9 cm³/mol. The molecular weight excluding hydrogens is 311 g/mol. The Morgan fingerprint density at radius 3 is 2.62 bits per heavy atom. The number of carbonyl (C=O) groups excluding carboxylic acids is 1. The summed E-state index contributed by atoms with van der Waals surface area (Å²) in [4.78, 5) is 26.7. The average Bonchev–Trinajstić information content (AvgIpc) is 2.85. The fraction of sp³-hybridized carbons (Fsp3) is 0.545. The number of carbonyl (C=O) groups is 2. The smallest absolute Gasteiger partial charge is 0.434 e. The molecule has 0 saturated heterocycles. The average molecular weight is 325 g/mol. The predicted octanol–water partition coefficient (Wildman–Crippen LogP) is 2.34. The fourth-order valence-corrected chi connectivity index (χ4v) is 2.17. The number of nitrogens with zero attached hydrogens (tertiary/aromatic N) is 2. The molecule has 0 aliphatic heterocycles. The first-order valence-corrected chi connectivity index (χ1v) is 6.75. The number of aliphatic carboxylic acids is 1. The molecule has 2 amide bonds. The van der Waals surface area contributed by atoms with Crippen molar-refractivity contribution in [3.05, 3.63) is 16.1 Å². The zero-order chi connectivity index (χ0) is 16.2. The number of hydrogen-bond acceptors (Lipinski definition) is 4. The van der Waals surface area contributed by atoms with Gasteiger partial charge in [0.15, 0.2) is 5.69 Å². The van der Waals surface area contributed by atoms with Gasteiger partial charge in [-0.3, -0.25) is 4.79 Å². The van der Waals surface area contributed by atoms with Gasteiger partial charge in [-0.2, -0.15) is 13.2 Å². The molecule has 10 heteroatoms. The zero-order valence-electron chi connectivity index (χ0n) is 11.3. The molecule has 0 bridgehead atoms. The number of rotatable bonds is 5. The summed E-state index contributed by atoms with van der Waals surface area (Å²) in [5.74, 6) is -1.04. The molecule has 0 saturated carbocycles. The van der Waals surface area contributed by atoms with E-state index in [9.17, 15) is 22.8 Å². The van der Waals surface area contributed by atoms with Gasteiger partial charge in [-0.05, 0) is 6.92 Å². The topological polar surface area (TPSA) is 82.5 Å². The second-order valence-corrected chi connectivity index (χ2v) is 5.19. The van der Waals surface area contributed by atoms with Crippen molar-refractivity contribution in [1.29, 1.82) is 0 Å². The Labute approximate surface area is 122 Å². The van der Waals surface area contributed by atoms with Gasteiger partial charge in [0.1, 0.15) is 5.01 Å². The highest BCUT2D eigenvalue weighted by atomic mass is 32.1. The van der Waals surface area contributed by atoms with Crippen LogP contribution in [-0.2, 0) is 11.0 Å². The molecule has 0 radical (unpaired) electrons. The van der Waals surface area contributed by atoms with Crippen molar-refractivity contribution < 1.29 is 27.9 Å². The Morgan fingerprint density at radius 1 is 1.52 bits per heavy atom. The summed E-state index contributed by atoms with van der Waals surface area (Å²) >= 11 is 0.798. The molecule has 6 nitrogen and oxygen atoms in total. The molecule has 0 spiro atoms. The second-order valence-electron chi connectivity index (χ2n) is 4.31. The largest absolute Gasteiger partial charge is 0.481 e. The van der Waals surface area contributed by atoms with Crippen LogP contribution in [-0.4, -0.2) is 40.6 Å². The summed E-state index contributed by atoms with van der Waals surface area (Å²) in [6.45, 7) is 1.50. The van der Waals surface area contributed by atoms with Gasteiger partial charge < -0.3 is 15.3 Å². The van der Waals surface area contributed by atoms with Crippen molar-refractivity contribution in [1.82, 2.24) is 15.2 Å². The van der Waals surface area contributed by atoms with Crippen molar-refractivity contribution in [2.24, 2.45) is 0 Å². The third-order valence-corrected chi connectivity index (χ3v) is 3.56. The molecule has 1 heterocycles. The summed E-state index contributed by atoms with van der Waals surface area (Å²) in [7, 11) is 1.40. The summed E-state index contributed by atoms with van der Waals surface area (Å²) in [5, 5.41) is 12.0. The van der Waals surface area contributed by atoms with Crippen molar-refractivity contribution in [3.8, 4) is 0 Å². The quantitative estimate of drug-likeness (QED) is 0.870. The number of nitrogens with one attached hydrogen (secondary N) is 1. The van der Waals surface area contributed by atoms with Gasteiger partial charge in [-0.25, -0.2) is 9.78 Å². The standard InChI is InChI=1S/C11H14F3N3O3S/c1-6(9-16-7(5-21-9)11(12,13)14)15-10(20)17(2)4-3-8(18)19/h5-6H,3-4H2,1-2H3,(H,15,20)(H,18,19). The Bertz CT molecular complexity index is 518. The number of urea groups is 1. The molecule has 118 valence electrons. The lowest BCUT2D eigenvalue weighted by Crippen LogP contribution is -2.39. The van der Waals surface area contributed by atoms with Gasteiger partial charge in [0.25, 0.3) is 0 Å². The van der Waals surface area contributed by atoms with E-state index < -0.39 is 29.9 Å². The van der Waals surface area contributed by atoms with Crippen LogP contribution in [0.5, 0.6) is 0 Å².